The van der Waals surface area contributed by atoms with Crippen LogP contribution in [0.1, 0.15) is 0 Å². The third-order valence-corrected chi connectivity index (χ3v) is 1.88. The molecule has 0 spiro atoms. The van der Waals surface area contributed by atoms with Crippen molar-refractivity contribution in [3.63, 3.8) is 0 Å². The van der Waals surface area contributed by atoms with Gasteiger partial charge < -0.3 is 9.64 Å². The number of hydrogen-bond acceptors (Lipinski definition) is 3. The Labute approximate surface area is 61.2 Å². The number of likely N-dealkylation sites (N-methyl/N-ethyl adjacent to an activating group) is 1. The fourth-order valence-electron chi connectivity index (χ4n) is 1.18. The molecule has 0 aromatic carbocycles. The molecule has 56 valence electrons. The molecule has 10 heavy (non-hydrogen) atoms. The summed E-state index contributed by atoms with van der Waals surface area (Å²) in [6.07, 6.45) is 0. The van der Waals surface area contributed by atoms with Gasteiger partial charge in [-0.05, 0) is 14.1 Å². The molecule has 0 N–H and O–H groups in total. The van der Waals surface area contributed by atoms with Crippen LogP contribution in [0.5, 0.6) is 0 Å². The molecule has 3 nitrogen and oxygen atoms in total. The van der Waals surface area contributed by atoms with Gasteiger partial charge in [-0.25, -0.2) is 0 Å². The predicted octanol–water partition coefficient (Wildman–Crippen LogP) is 0.0866. The number of rotatable bonds is 1. The fraction of sp³-hybridized carbons (Fsp3) is 0.857. The molecule has 1 aliphatic heterocycles. The van der Waals surface area contributed by atoms with Gasteiger partial charge in [-0.15, -0.1) is 0 Å². The molecule has 3 heteroatoms. The van der Waals surface area contributed by atoms with Gasteiger partial charge >= 0.3 is 0 Å². The zero-order chi connectivity index (χ0) is 7.56. The van der Waals surface area contributed by atoms with Crippen LogP contribution in [-0.2, 0) is 4.74 Å². The van der Waals surface area contributed by atoms with Gasteiger partial charge in [0.15, 0.2) is 0 Å². The Bertz CT molecular complexity index is 150. The van der Waals surface area contributed by atoms with Crippen LogP contribution in [0, 0.1) is 17.2 Å². The fourth-order valence-corrected chi connectivity index (χ4v) is 1.18. The first-order chi connectivity index (χ1) is 4.75. The molecule has 1 fully saturated rings. The van der Waals surface area contributed by atoms with Crippen LogP contribution in [0.15, 0.2) is 0 Å². The average Bonchev–Trinajstić information content (AvgIpc) is 2.33. The van der Waals surface area contributed by atoms with E-state index in [2.05, 4.69) is 6.07 Å². The maximum Gasteiger partial charge on any atom is 0.0874 e. The third-order valence-electron chi connectivity index (χ3n) is 1.88. The number of ether oxygens (including phenoxy) is 1. The predicted molar refractivity (Wildman–Crippen MR) is 37.4 cm³/mol. The lowest BCUT2D eigenvalue weighted by Crippen LogP contribution is -2.33. The number of hydrogen-bond donors (Lipinski definition) is 0. The van der Waals surface area contributed by atoms with E-state index in [1.165, 1.54) is 0 Å². The van der Waals surface area contributed by atoms with Crippen molar-refractivity contribution in [2.45, 2.75) is 6.04 Å². The minimum absolute atomic E-state index is 0.0648. The van der Waals surface area contributed by atoms with Crippen LogP contribution in [0.2, 0.25) is 0 Å². The van der Waals surface area contributed by atoms with Crippen LogP contribution in [0.25, 0.3) is 0 Å². The summed E-state index contributed by atoms with van der Waals surface area (Å²) in [4.78, 5) is 2.04. The standard InChI is InChI=1S/C7H12N2O/c1-9(2)7-5-10-4-6(7)3-8/h6-7H,4-5H2,1-2H3. The largest absolute Gasteiger partial charge is 0.378 e. The van der Waals surface area contributed by atoms with Gasteiger partial charge in [-0.2, -0.15) is 5.26 Å². The lowest BCUT2D eigenvalue weighted by molar-refractivity contribution is 0.170. The van der Waals surface area contributed by atoms with Crippen molar-refractivity contribution >= 4 is 0 Å². The highest BCUT2D eigenvalue weighted by molar-refractivity contribution is 4.95. The molecule has 0 aromatic heterocycles. The first-order valence-electron chi connectivity index (χ1n) is 3.39. The van der Waals surface area contributed by atoms with Crippen molar-refractivity contribution in [1.29, 1.82) is 5.26 Å². The third kappa shape index (κ3) is 1.28. The minimum atomic E-state index is 0.0648. The first kappa shape index (κ1) is 7.52. The summed E-state index contributed by atoms with van der Waals surface area (Å²) in [6, 6.07) is 2.52. The summed E-state index contributed by atoms with van der Waals surface area (Å²) in [5.74, 6) is 0.0648. The van der Waals surface area contributed by atoms with Gasteiger partial charge in [0.2, 0.25) is 0 Å². The van der Waals surface area contributed by atoms with Crippen LogP contribution in [0.3, 0.4) is 0 Å². The highest BCUT2D eigenvalue weighted by Gasteiger charge is 2.29. The van der Waals surface area contributed by atoms with Crippen molar-refractivity contribution in [3.8, 4) is 6.07 Å². The summed E-state index contributed by atoms with van der Waals surface area (Å²) in [6.45, 7) is 1.30. The van der Waals surface area contributed by atoms with Crippen molar-refractivity contribution in [2.24, 2.45) is 5.92 Å². The quantitative estimate of drug-likeness (QED) is 0.517. The Morgan fingerprint density at radius 2 is 2.20 bits per heavy atom. The molecule has 1 saturated heterocycles. The normalized spacial score (nSPS) is 32.6. The second-order valence-electron chi connectivity index (χ2n) is 2.80. The van der Waals surface area contributed by atoms with Crippen molar-refractivity contribution in [3.05, 3.63) is 0 Å². The van der Waals surface area contributed by atoms with Gasteiger partial charge in [0.05, 0.1) is 31.2 Å². The monoisotopic (exact) mass is 140 g/mol. The summed E-state index contributed by atoms with van der Waals surface area (Å²) in [5, 5.41) is 8.63. The second-order valence-corrected chi connectivity index (χ2v) is 2.80. The summed E-state index contributed by atoms with van der Waals surface area (Å²) >= 11 is 0. The lowest BCUT2D eigenvalue weighted by atomic mass is 10.1. The van der Waals surface area contributed by atoms with E-state index in [1.807, 2.05) is 19.0 Å². The maximum atomic E-state index is 8.63. The van der Waals surface area contributed by atoms with E-state index in [-0.39, 0.29) is 5.92 Å². The maximum absolute atomic E-state index is 8.63. The molecule has 1 heterocycles. The summed E-state index contributed by atoms with van der Waals surface area (Å²) in [7, 11) is 3.95. The second kappa shape index (κ2) is 3.00. The van der Waals surface area contributed by atoms with E-state index in [1.54, 1.807) is 0 Å². The summed E-state index contributed by atoms with van der Waals surface area (Å²) in [5.41, 5.74) is 0. The Morgan fingerprint density at radius 3 is 2.60 bits per heavy atom. The highest BCUT2D eigenvalue weighted by atomic mass is 16.5. The van der Waals surface area contributed by atoms with Crippen molar-refractivity contribution in [2.75, 3.05) is 27.3 Å². The molecular weight excluding hydrogens is 128 g/mol. The SMILES string of the molecule is CN(C)C1COCC1C#N. The van der Waals surface area contributed by atoms with Crippen LogP contribution < -0.4 is 0 Å². The molecule has 1 rings (SSSR count). The minimum Gasteiger partial charge on any atom is -0.378 e. The molecule has 2 unspecified atom stereocenters. The Balaban J connectivity index is 2.52. The van der Waals surface area contributed by atoms with Crippen molar-refractivity contribution in [1.82, 2.24) is 4.90 Å². The zero-order valence-electron chi connectivity index (χ0n) is 6.37. The number of nitrogens with zero attached hydrogens (tertiary/aromatic N) is 2. The van der Waals surface area contributed by atoms with Gasteiger partial charge in [0, 0.05) is 0 Å². The van der Waals surface area contributed by atoms with E-state index < -0.39 is 0 Å². The Kier molecular flexibility index (Phi) is 2.25. The average molecular weight is 140 g/mol. The van der Waals surface area contributed by atoms with Gasteiger partial charge in [0.1, 0.15) is 0 Å². The van der Waals surface area contributed by atoms with Gasteiger partial charge in [-0.1, -0.05) is 0 Å². The molecule has 2 atom stereocenters. The molecule has 0 aliphatic carbocycles. The molecule has 0 amide bonds. The number of nitriles is 1. The topological polar surface area (TPSA) is 36.3 Å². The van der Waals surface area contributed by atoms with Crippen LogP contribution in [-0.4, -0.2) is 38.3 Å². The van der Waals surface area contributed by atoms with Crippen molar-refractivity contribution < 1.29 is 4.74 Å². The zero-order valence-corrected chi connectivity index (χ0v) is 6.37. The smallest absolute Gasteiger partial charge is 0.0874 e. The first-order valence-corrected chi connectivity index (χ1v) is 3.39. The van der Waals surface area contributed by atoms with Crippen LogP contribution >= 0.6 is 0 Å². The van der Waals surface area contributed by atoms with E-state index >= 15 is 0 Å². The summed E-state index contributed by atoms with van der Waals surface area (Å²) < 4.78 is 5.16. The molecule has 0 aromatic rings. The van der Waals surface area contributed by atoms with Gasteiger partial charge in [-0.3, -0.25) is 0 Å². The van der Waals surface area contributed by atoms with Crippen LogP contribution in [0.4, 0.5) is 0 Å². The van der Waals surface area contributed by atoms with Gasteiger partial charge in [0.25, 0.3) is 0 Å². The van der Waals surface area contributed by atoms with E-state index in [0.29, 0.717) is 19.3 Å². The Hall–Kier alpha value is -0.590. The molecular formula is C7H12N2O. The van der Waals surface area contributed by atoms with E-state index in [0.717, 1.165) is 0 Å². The molecule has 0 saturated carbocycles. The Morgan fingerprint density at radius 1 is 1.50 bits per heavy atom. The highest BCUT2D eigenvalue weighted by Crippen LogP contribution is 2.15. The molecule has 1 aliphatic rings. The van der Waals surface area contributed by atoms with E-state index in [4.69, 9.17) is 10.00 Å². The lowest BCUT2D eigenvalue weighted by Gasteiger charge is -2.19. The van der Waals surface area contributed by atoms with E-state index in [9.17, 15) is 0 Å². The molecule has 0 bridgehead atoms. The molecule has 0 radical (unpaired) electrons.